The first kappa shape index (κ1) is 31.3. The van der Waals surface area contributed by atoms with Crippen molar-refractivity contribution in [2.45, 2.75) is 68.5 Å². The van der Waals surface area contributed by atoms with Crippen LogP contribution < -0.4 is 5.32 Å². The standard InChI is InChI=1S/C10H15N.C9H12.3CH4.Y/c1-9(2)11-8-10-6-4-3-5-7-10;1-8(2)9-6-4-3-5-7-9;;;;/h3-7,9,11H,8H2,1-2H3;3-8H,1-2H3;3*1H4;. The van der Waals surface area contributed by atoms with Crippen molar-refractivity contribution in [1.82, 2.24) is 5.32 Å². The van der Waals surface area contributed by atoms with Gasteiger partial charge in [0, 0.05) is 45.3 Å². The number of benzene rings is 2. The van der Waals surface area contributed by atoms with E-state index in [4.69, 9.17) is 0 Å². The molecule has 0 amide bonds. The van der Waals surface area contributed by atoms with Crippen molar-refractivity contribution in [3.8, 4) is 0 Å². The predicted octanol–water partition coefficient (Wildman–Crippen LogP) is 6.90. The van der Waals surface area contributed by atoms with E-state index < -0.39 is 0 Å². The summed E-state index contributed by atoms with van der Waals surface area (Å²) in [5.74, 6) is 0.659. The third-order valence-electron chi connectivity index (χ3n) is 3.02. The van der Waals surface area contributed by atoms with Gasteiger partial charge in [0.1, 0.15) is 0 Å². The monoisotopic (exact) mass is 406 g/mol. The van der Waals surface area contributed by atoms with Crippen LogP contribution in [0, 0.1) is 0 Å². The molecule has 0 aromatic heterocycles. The molecule has 0 spiro atoms. The Bertz CT molecular complexity index is 452. The van der Waals surface area contributed by atoms with E-state index >= 15 is 0 Å². The van der Waals surface area contributed by atoms with Crippen LogP contribution in [-0.4, -0.2) is 6.04 Å². The van der Waals surface area contributed by atoms with Gasteiger partial charge in [0.25, 0.3) is 0 Å². The van der Waals surface area contributed by atoms with Crippen molar-refractivity contribution >= 4 is 0 Å². The van der Waals surface area contributed by atoms with Crippen LogP contribution in [0.15, 0.2) is 60.7 Å². The Morgan fingerprint density at radius 1 is 0.708 bits per heavy atom. The third kappa shape index (κ3) is 15.1. The molecular weight excluding hydrogens is 367 g/mol. The average Bonchev–Trinajstić information content (AvgIpc) is 2.48. The molecule has 0 aliphatic carbocycles. The van der Waals surface area contributed by atoms with E-state index in [1.54, 1.807) is 0 Å². The summed E-state index contributed by atoms with van der Waals surface area (Å²) in [5.41, 5.74) is 2.76. The zero-order chi connectivity index (χ0) is 14.8. The quantitative estimate of drug-likeness (QED) is 0.582. The fourth-order valence-corrected chi connectivity index (χ4v) is 1.76. The summed E-state index contributed by atoms with van der Waals surface area (Å²) in [7, 11) is 0. The molecule has 2 rings (SSSR count). The van der Waals surface area contributed by atoms with E-state index in [0.29, 0.717) is 12.0 Å². The maximum absolute atomic E-state index is 3.36. The second-order valence-corrected chi connectivity index (χ2v) is 5.59. The van der Waals surface area contributed by atoms with Crippen LogP contribution in [0.5, 0.6) is 0 Å². The Kier molecular flexibility index (Phi) is 24.6. The molecule has 24 heavy (non-hydrogen) atoms. The predicted molar refractivity (Wildman–Crippen MR) is 109 cm³/mol. The zero-order valence-corrected chi connectivity index (χ0v) is 16.6. The minimum Gasteiger partial charge on any atom is -0.310 e. The molecule has 0 heterocycles. The van der Waals surface area contributed by atoms with Crippen molar-refractivity contribution in [2.24, 2.45) is 0 Å². The van der Waals surface area contributed by atoms with Crippen molar-refractivity contribution < 1.29 is 32.7 Å². The van der Waals surface area contributed by atoms with E-state index in [-0.39, 0.29) is 55.0 Å². The largest absolute Gasteiger partial charge is 0.310 e. The van der Waals surface area contributed by atoms with Gasteiger partial charge >= 0.3 is 0 Å². The van der Waals surface area contributed by atoms with Gasteiger partial charge in [-0.05, 0) is 17.0 Å². The maximum Gasteiger partial charge on any atom is 0.0207 e. The van der Waals surface area contributed by atoms with Gasteiger partial charge in [-0.3, -0.25) is 0 Å². The first-order valence-electron chi connectivity index (χ1n) is 7.42. The van der Waals surface area contributed by atoms with E-state index in [9.17, 15) is 0 Å². The van der Waals surface area contributed by atoms with Gasteiger partial charge in [0.2, 0.25) is 0 Å². The number of hydrogen-bond donors (Lipinski definition) is 1. The molecule has 135 valence electrons. The number of hydrogen-bond acceptors (Lipinski definition) is 1. The van der Waals surface area contributed by atoms with Gasteiger partial charge in [0.15, 0.2) is 0 Å². The number of nitrogens with one attached hydrogen (secondary N) is 1. The second kappa shape index (κ2) is 18.8. The minimum absolute atomic E-state index is 0. The fourth-order valence-electron chi connectivity index (χ4n) is 1.76. The number of rotatable bonds is 4. The molecule has 0 atom stereocenters. The molecule has 0 saturated heterocycles. The summed E-state index contributed by atoms with van der Waals surface area (Å²) >= 11 is 0. The molecule has 0 aliphatic heterocycles. The summed E-state index contributed by atoms with van der Waals surface area (Å²) < 4.78 is 0. The van der Waals surface area contributed by atoms with E-state index in [1.165, 1.54) is 11.1 Å². The van der Waals surface area contributed by atoms with Crippen LogP contribution >= 0.6 is 0 Å². The summed E-state index contributed by atoms with van der Waals surface area (Å²) in [5, 5.41) is 3.36. The summed E-state index contributed by atoms with van der Waals surface area (Å²) in [6.07, 6.45) is 0. The van der Waals surface area contributed by atoms with Gasteiger partial charge in [-0.15, -0.1) is 0 Å². The van der Waals surface area contributed by atoms with Gasteiger partial charge in [-0.25, -0.2) is 0 Å². The summed E-state index contributed by atoms with van der Waals surface area (Å²) in [4.78, 5) is 0. The maximum atomic E-state index is 3.36. The molecule has 1 radical (unpaired) electrons. The zero-order valence-electron chi connectivity index (χ0n) is 13.7. The van der Waals surface area contributed by atoms with E-state index in [0.717, 1.165) is 6.54 Å². The molecule has 0 fully saturated rings. The molecule has 1 N–H and O–H groups in total. The van der Waals surface area contributed by atoms with Crippen molar-refractivity contribution in [1.29, 1.82) is 0 Å². The van der Waals surface area contributed by atoms with Crippen LogP contribution in [0.1, 0.15) is 67.0 Å². The van der Waals surface area contributed by atoms with Crippen LogP contribution in [0.2, 0.25) is 0 Å². The fraction of sp³-hybridized carbons (Fsp3) is 0.455. The van der Waals surface area contributed by atoms with Crippen LogP contribution in [0.3, 0.4) is 0 Å². The topological polar surface area (TPSA) is 12.0 Å². The van der Waals surface area contributed by atoms with Gasteiger partial charge in [-0.2, -0.15) is 0 Å². The minimum atomic E-state index is 0. The molecule has 0 bridgehead atoms. The van der Waals surface area contributed by atoms with Crippen LogP contribution in [-0.2, 0) is 39.3 Å². The Labute approximate surface area is 177 Å². The normalized spacial score (nSPS) is 8.58. The van der Waals surface area contributed by atoms with Gasteiger partial charge in [-0.1, -0.05) is 111 Å². The molecule has 2 aromatic carbocycles. The third-order valence-corrected chi connectivity index (χ3v) is 3.02. The average molecular weight is 406 g/mol. The van der Waals surface area contributed by atoms with Crippen molar-refractivity contribution in [3.63, 3.8) is 0 Å². The SMILES string of the molecule is C.C.C.CC(C)NCc1ccccc1.CC(C)c1ccccc1.[Y]. The van der Waals surface area contributed by atoms with Crippen LogP contribution in [0.25, 0.3) is 0 Å². The summed E-state index contributed by atoms with van der Waals surface area (Å²) in [6.45, 7) is 9.69. The molecular formula is C22H39NY. The Morgan fingerprint density at radius 3 is 1.46 bits per heavy atom. The first-order chi connectivity index (χ1) is 9.59. The summed E-state index contributed by atoms with van der Waals surface area (Å²) in [6, 6.07) is 21.5. The first-order valence-corrected chi connectivity index (χ1v) is 7.42. The Balaban J connectivity index is -0.000000145. The Hall–Kier alpha value is -0.496. The van der Waals surface area contributed by atoms with E-state index in [1.807, 2.05) is 12.1 Å². The van der Waals surface area contributed by atoms with E-state index in [2.05, 4.69) is 81.5 Å². The Morgan fingerprint density at radius 2 is 1.12 bits per heavy atom. The molecule has 1 nitrogen and oxygen atoms in total. The van der Waals surface area contributed by atoms with Gasteiger partial charge in [0.05, 0.1) is 0 Å². The molecule has 2 heteroatoms. The molecule has 2 aromatic rings. The molecule has 0 saturated carbocycles. The smallest absolute Gasteiger partial charge is 0.0207 e. The van der Waals surface area contributed by atoms with Crippen LogP contribution in [0.4, 0.5) is 0 Å². The van der Waals surface area contributed by atoms with Crippen molar-refractivity contribution in [2.75, 3.05) is 0 Å². The van der Waals surface area contributed by atoms with Gasteiger partial charge < -0.3 is 5.32 Å². The molecule has 0 unspecified atom stereocenters. The molecule has 0 aliphatic rings. The van der Waals surface area contributed by atoms with Crippen molar-refractivity contribution in [3.05, 3.63) is 71.8 Å². The second-order valence-electron chi connectivity index (χ2n) is 5.59.